The zero-order valence-electron chi connectivity index (χ0n) is 9.81. The third-order valence-corrected chi connectivity index (χ3v) is 4.02. The van der Waals surface area contributed by atoms with Crippen LogP contribution in [-0.2, 0) is 11.2 Å². The van der Waals surface area contributed by atoms with E-state index in [4.69, 9.17) is 10.2 Å². The first-order valence-corrected chi connectivity index (χ1v) is 6.38. The fourth-order valence-electron chi connectivity index (χ4n) is 1.65. The number of phenolic OH excluding ortho intramolecular Hbond substituents is 6. The Morgan fingerprint density at radius 2 is 0.850 bits per heavy atom. The second-order valence-electron chi connectivity index (χ2n) is 3.90. The van der Waals surface area contributed by atoms with E-state index in [1.54, 1.807) is 0 Å². The van der Waals surface area contributed by atoms with E-state index in [-0.39, 0.29) is 0 Å². The van der Waals surface area contributed by atoms with Gasteiger partial charge in [-0.15, -0.1) is 0 Å². The monoisotopic (exact) mass is 298 g/mol. The number of benzene rings is 2. The summed E-state index contributed by atoms with van der Waals surface area (Å²) in [6.45, 7) is 0. The van der Waals surface area contributed by atoms with E-state index in [1.807, 2.05) is 0 Å². The van der Waals surface area contributed by atoms with Gasteiger partial charge in [0.15, 0.2) is 23.0 Å². The molecule has 7 nitrogen and oxygen atoms in total. The molecule has 0 aliphatic rings. The van der Waals surface area contributed by atoms with Gasteiger partial charge in [-0.1, -0.05) is 0 Å². The summed E-state index contributed by atoms with van der Waals surface area (Å²) < 4.78 is 12.3. The van der Waals surface area contributed by atoms with Crippen LogP contribution in [-0.4, -0.2) is 35.2 Å². The Hall–Kier alpha value is -2.45. The van der Waals surface area contributed by atoms with E-state index in [2.05, 4.69) is 0 Å². The van der Waals surface area contributed by atoms with Crippen LogP contribution in [0.5, 0.6) is 34.5 Å². The van der Waals surface area contributed by atoms with E-state index in [9.17, 15) is 25.0 Å². The van der Waals surface area contributed by atoms with Crippen molar-refractivity contribution in [1.82, 2.24) is 0 Å². The SMILES string of the molecule is [O-][S+](c1c(O)cc(O)cc1O)c1c(O)cc(O)cc1O. The Labute approximate surface area is 115 Å². The van der Waals surface area contributed by atoms with E-state index in [0.717, 1.165) is 24.3 Å². The van der Waals surface area contributed by atoms with Crippen molar-refractivity contribution < 1.29 is 35.2 Å². The van der Waals surface area contributed by atoms with Crippen LogP contribution in [0.3, 0.4) is 0 Å². The maximum atomic E-state index is 12.3. The molecule has 0 bridgehead atoms. The first-order chi connectivity index (χ1) is 9.31. The number of hydrogen-bond donors (Lipinski definition) is 6. The van der Waals surface area contributed by atoms with Gasteiger partial charge < -0.3 is 35.2 Å². The van der Waals surface area contributed by atoms with Crippen LogP contribution in [0.25, 0.3) is 0 Å². The molecular formula is C12H10O7S. The van der Waals surface area contributed by atoms with Crippen molar-refractivity contribution in [2.24, 2.45) is 0 Å². The van der Waals surface area contributed by atoms with Gasteiger partial charge in [0.2, 0.25) is 9.79 Å². The summed E-state index contributed by atoms with van der Waals surface area (Å²) in [6, 6.07) is 3.39. The molecule has 0 saturated carbocycles. The zero-order valence-corrected chi connectivity index (χ0v) is 10.6. The molecule has 0 aliphatic heterocycles. The molecule has 106 valence electrons. The number of phenols is 6. The van der Waals surface area contributed by atoms with Gasteiger partial charge in [-0.2, -0.15) is 0 Å². The van der Waals surface area contributed by atoms with Gasteiger partial charge in [0.1, 0.15) is 11.5 Å². The molecular weight excluding hydrogens is 288 g/mol. The normalized spacial score (nSPS) is 10.9. The lowest BCUT2D eigenvalue weighted by Crippen LogP contribution is -2.04. The van der Waals surface area contributed by atoms with E-state index in [0.29, 0.717) is 0 Å². The fraction of sp³-hybridized carbons (Fsp3) is 0. The maximum absolute atomic E-state index is 12.3. The lowest BCUT2D eigenvalue weighted by Gasteiger charge is -2.14. The zero-order chi connectivity index (χ0) is 15.0. The molecule has 0 aliphatic carbocycles. The van der Waals surface area contributed by atoms with Crippen molar-refractivity contribution in [2.45, 2.75) is 9.79 Å². The molecule has 8 heteroatoms. The predicted octanol–water partition coefficient (Wildman–Crippen LogP) is 1.09. The van der Waals surface area contributed by atoms with Crippen LogP contribution in [0, 0.1) is 0 Å². The average Bonchev–Trinajstić information content (AvgIpc) is 2.25. The molecule has 0 atom stereocenters. The first-order valence-electron chi connectivity index (χ1n) is 5.23. The maximum Gasteiger partial charge on any atom is 0.242 e. The summed E-state index contributed by atoms with van der Waals surface area (Å²) in [5.74, 6) is -3.58. The molecule has 20 heavy (non-hydrogen) atoms. The van der Waals surface area contributed by atoms with Crippen LogP contribution in [0.15, 0.2) is 34.1 Å². The van der Waals surface area contributed by atoms with E-state index >= 15 is 0 Å². The van der Waals surface area contributed by atoms with Crippen LogP contribution in [0.2, 0.25) is 0 Å². The predicted molar refractivity (Wildman–Crippen MR) is 67.5 cm³/mol. The largest absolute Gasteiger partial charge is 0.606 e. The molecule has 2 rings (SSSR count). The van der Waals surface area contributed by atoms with Crippen LogP contribution < -0.4 is 0 Å². The minimum absolute atomic E-state index is 0.445. The minimum atomic E-state index is -2.33. The van der Waals surface area contributed by atoms with Crippen LogP contribution in [0.1, 0.15) is 0 Å². The summed E-state index contributed by atoms with van der Waals surface area (Å²) >= 11 is -2.33. The smallest absolute Gasteiger partial charge is 0.242 e. The summed E-state index contributed by atoms with van der Waals surface area (Å²) in [6.07, 6.45) is 0. The molecule has 0 heterocycles. The molecule has 0 unspecified atom stereocenters. The quantitative estimate of drug-likeness (QED) is 0.455. The highest BCUT2D eigenvalue weighted by atomic mass is 32.2. The second-order valence-corrected chi connectivity index (χ2v) is 5.25. The molecule has 6 N–H and O–H groups in total. The highest BCUT2D eigenvalue weighted by molar-refractivity contribution is 7.92. The van der Waals surface area contributed by atoms with Crippen molar-refractivity contribution in [2.75, 3.05) is 0 Å². The Balaban J connectivity index is 2.61. The van der Waals surface area contributed by atoms with E-state index in [1.165, 1.54) is 0 Å². The van der Waals surface area contributed by atoms with Gasteiger partial charge in [0, 0.05) is 35.4 Å². The van der Waals surface area contributed by atoms with Crippen molar-refractivity contribution in [1.29, 1.82) is 0 Å². The molecule has 0 aromatic heterocycles. The van der Waals surface area contributed by atoms with Crippen LogP contribution in [0.4, 0.5) is 0 Å². The van der Waals surface area contributed by atoms with Crippen molar-refractivity contribution in [3.05, 3.63) is 24.3 Å². The summed E-state index contributed by atoms with van der Waals surface area (Å²) in [5.41, 5.74) is 0. The molecule has 0 fully saturated rings. The van der Waals surface area contributed by atoms with E-state index < -0.39 is 55.5 Å². The molecule has 0 radical (unpaired) electrons. The van der Waals surface area contributed by atoms with Crippen molar-refractivity contribution >= 4 is 11.2 Å². The Bertz CT molecular complexity index is 567. The number of hydrogen-bond acceptors (Lipinski definition) is 7. The second kappa shape index (κ2) is 4.91. The highest BCUT2D eigenvalue weighted by Gasteiger charge is 2.31. The standard InChI is InChI=1S/C12H10O7S/c13-5-1-7(15)11(8(16)2-5)20(19)12-9(17)3-6(14)4-10(12)18/h1-4,13-18H. The lowest BCUT2D eigenvalue weighted by atomic mass is 10.3. The molecule has 0 saturated heterocycles. The first kappa shape index (κ1) is 14.0. The molecule has 0 amide bonds. The van der Waals surface area contributed by atoms with Gasteiger partial charge >= 0.3 is 0 Å². The summed E-state index contributed by atoms with van der Waals surface area (Å²) in [7, 11) is 0. The minimum Gasteiger partial charge on any atom is -0.606 e. The Morgan fingerprint density at radius 3 is 1.10 bits per heavy atom. The summed E-state index contributed by atoms with van der Waals surface area (Å²) in [5, 5.41) is 56.8. The third kappa shape index (κ3) is 2.33. The number of rotatable bonds is 2. The lowest BCUT2D eigenvalue weighted by molar-refractivity contribution is 0.401. The van der Waals surface area contributed by atoms with Gasteiger partial charge in [0.05, 0.1) is 0 Å². The van der Waals surface area contributed by atoms with Crippen molar-refractivity contribution in [3.8, 4) is 34.5 Å². The summed E-state index contributed by atoms with van der Waals surface area (Å²) in [4.78, 5) is -0.974. The van der Waals surface area contributed by atoms with Crippen LogP contribution >= 0.6 is 0 Å². The number of aromatic hydroxyl groups is 6. The average molecular weight is 298 g/mol. The van der Waals surface area contributed by atoms with Gasteiger partial charge in [-0.05, 0) is 0 Å². The molecule has 2 aromatic rings. The third-order valence-electron chi connectivity index (χ3n) is 2.44. The highest BCUT2D eigenvalue weighted by Crippen LogP contribution is 2.44. The molecule has 0 spiro atoms. The molecule has 2 aromatic carbocycles. The van der Waals surface area contributed by atoms with Crippen molar-refractivity contribution in [3.63, 3.8) is 0 Å². The van der Waals surface area contributed by atoms with Gasteiger partial charge in [-0.25, -0.2) is 0 Å². The van der Waals surface area contributed by atoms with Gasteiger partial charge in [-0.3, -0.25) is 0 Å². The fourth-order valence-corrected chi connectivity index (χ4v) is 2.85. The van der Waals surface area contributed by atoms with Gasteiger partial charge in [0.25, 0.3) is 0 Å². The Kier molecular flexibility index (Phi) is 3.43. The topological polar surface area (TPSA) is 144 Å². The Morgan fingerprint density at radius 1 is 0.600 bits per heavy atom.